The second kappa shape index (κ2) is 16.9. The van der Waals surface area contributed by atoms with Crippen LogP contribution in [0.25, 0.3) is 0 Å². The maximum absolute atomic E-state index is 6.47. The molecule has 3 nitrogen and oxygen atoms in total. The van der Waals surface area contributed by atoms with E-state index in [1.54, 1.807) is 0 Å². The average Bonchev–Trinajstić information content (AvgIpc) is 2.85. The second-order valence-corrected chi connectivity index (χ2v) is 12.8. The Balaban J connectivity index is 1.69. The van der Waals surface area contributed by atoms with Gasteiger partial charge in [0, 0.05) is 6.61 Å². The predicted molar refractivity (Wildman–Crippen MR) is 142 cm³/mol. The van der Waals surface area contributed by atoms with Crippen molar-refractivity contribution in [1.29, 1.82) is 0 Å². The Morgan fingerprint density at radius 2 is 1.21 bits per heavy atom. The number of unbranched alkanes of at least 4 members (excludes halogenated alkanes) is 9. The number of rotatable bonds is 19. The van der Waals surface area contributed by atoms with E-state index in [1.807, 2.05) is 42.5 Å². The van der Waals surface area contributed by atoms with E-state index in [0.29, 0.717) is 6.61 Å². The van der Waals surface area contributed by atoms with Gasteiger partial charge in [-0.2, -0.15) is 0 Å². The Morgan fingerprint density at radius 3 is 1.85 bits per heavy atom. The molecule has 2 aromatic carbocycles. The summed E-state index contributed by atoms with van der Waals surface area (Å²) >= 11 is 0. The minimum absolute atomic E-state index is 0.581. The summed E-state index contributed by atoms with van der Waals surface area (Å²) in [6.45, 7) is 8.12. The van der Waals surface area contributed by atoms with Crippen molar-refractivity contribution >= 4 is 8.56 Å². The molecule has 4 heteroatoms. The molecular weight excluding hydrogens is 424 g/mol. The first kappa shape index (κ1) is 27.6. The molecule has 0 spiro atoms. The molecule has 2 aromatic rings. The van der Waals surface area contributed by atoms with Crippen molar-refractivity contribution < 1.29 is 13.6 Å². The van der Waals surface area contributed by atoms with Gasteiger partial charge in [-0.3, -0.25) is 0 Å². The van der Waals surface area contributed by atoms with Gasteiger partial charge in [-0.1, -0.05) is 109 Å². The molecule has 0 aliphatic carbocycles. The fraction of sp³-hybridized carbons (Fsp3) is 0.586. The van der Waals surface area contributed by atoms with Crippen LogP contribution >= 0.6 is 0 Å². The lowest BCUT2D eigenvalue weighted by Crippen LogP contribution is -2.40. The van der Waals surface area contributed by atoms with E-state index >= 15 is 0 Å². The van der Waals surface area contributed by atoms with Crippen LogP contribution in [-0.4, -0.2) is 15.2 Å². The van der Waals surface area contributed by atoms with Crippen molar-refractivity contribution in [2.24, 2.45) is 0 Å². The Morgan fingerprint density at radius 1 is 0.606 bits per heavy atom. The lowest BCUT2D eigenvalue weighted by Gasteiger charge is -2.29. The molecule has 0 N–H and O–H groups in total. The van der Waals surface area contributed by atoms with E-state index in [4.69, 9.17) is 13.6 Å². The minimum atomic E-state index is -2.15. The van der Waals surface area contributed by atoms with E-state index in [0.717, 1.165) is 42.2 Å². The summed E-state index contributed by atoms with van der Waals surface area (Å²) in [6, 6.07) is 20.1. The summed E-state index contributed by atoms with van der Waals surface area (Å²) in [6.07, 6.45) is 13.5. The third kappa shape index (κ3) is 11.4. The first-order valence-electron chi connectivity index (χ1n) is 13.3. The van der Waals surface area contributed by atoms with Crippen LogP contribution in [0.3, 0.4) is 0 Å². The van der Waals surface area contributed by atoms with Crippen LogP contribution in [0, 0.1) is 0 Å². The summed E-state index contributed by atoms with van der Waals surface area (Å²) in [5.74, 6) is 1.69. The fourth-order valence-electron chi connectivity index (χ4n) is 4.09. The molecular formula is C29H46O3Si. The van der Waals surface area contributed by atoms with Crippen LogP contribution in [-0.2, 0) is 15.5 Å². The number of benzene rings is 2. The summed E-state index contributed by atoms with van der Waals surface area (Å²) in [5, 5.41) is 0. The standard InChI is InChI=1S/C29H46O3Si/c1-4-7-8-9-10-11-12-13-14-18-24-30-33(5-2,6-3)31-26-27-20-19-23-29(25-27)32-28-21-16-15-17-22-28/h15-17,19-23,25H,4-14,18,24,26H2,1-3H3. The molecule has 33 heavy (non-hydrogen) atoms. The van der Waals surface area contributed by atoms with Crippen LogP contribution in [0.4, 0.5) is 0 Å². The molecule has 0 aliphatic rings. The minimum Gasteiger partial charge on any atom is -0.457 e. The molecule has 0 atom stereocenters. The van der Waals surface area contributed by atoms with Gasteiger partial charge in [-0.15, -0.1) is 0 Å². The Labute approximate surface area is 204 Å². The third-order valence-corrected chi connectivity index (χ3v) is 9.87. The zero-order valence-electron chi connectivity index (χ0n) is 21.3. The molecule has 0 heterocycles. The Hall–Kier alpha value is -1.62. The SMILES string of the molecule is CCCCCCCCCCCCO[Si](CC)(CC)OCc1cccc(Oc2ccccc2)c1. The van der Waals surface area contributed by atoms with Crippen molar-refractivity contribution in [1.82, 2.24) is 0 Å². The van der Waals surface area contributed by atoms with Crippen molar-refractivity contribution in [3.8, 4) is 11.5 Å². The van der Waals surface area contributed by atoms with Crippen molar-refractivity contribution in [3.05, 3.63) is 60.2 Å². The number of ether oxygens (including phenoxy) is 1. The maximum Gasteiger partial charge on any atom is 0.337 e. The maximum atomic E-state index is 6.47. The highest BCUT2D eigenvalue weighted by Crippen LogP contribution is 2.25. The van der Waals surface area contributed by atoms with Gasteiger partial charge in [-0.05, 0) is 48.3 Å². The zero-order valence-corrected chi connectivity index (χ0v) is 22.3. The van der Waals surface area contributed by atoms with E-state index in [2.05, 4.69) is 32.9 Å². The van der Waals surface area contributed by atoms with Gasteiger partial charge in [0.1, 0.15) is 11.5 Å². The van der Waals surface area contributed by atoms with Crippen LogP contribution < -0.4 is 4.74 Å². The van der Waals surface area contributed by atoms with E-state index in [1.165, 1.54) is 57.8 Å². The predicted octanol–water partition coefficient (Wildman–Crippen LogP) is 9.41. The lowest BCUT2D eigenvalue weighted by molar-refractivity contribution is 0.158. The van der Waals surface area contributed by atoms with Crippen LogP contribution in [0.1, 0.15) is 90.5 Å². The monoisotopic (exact) mass is 470 g/mol. The van der Waals surface area contributed by atoms with Crippen LogP contribution in [0.2, 0.25) is 12.1 Å². The van der Waals surface area contributed by atoms with E-state index in [-0.39, 0.29) is 0 Å². The molecule has 0 saturated carbocycles. The van der Waals surface area contributed by atoms with Gasteiger partial charge in [0.2, 0.25) is 0 Å². The molecule has 0 saturated heterocycles. The highest BCUT2D eigenvalue weighted by atomic mass is 28.4. The quantitative estimate of drug-likeness (QED) is 0.151. The topological polar surface area (TPSA) is 27.7 Å². The second-order valence-electron chi connectivity index (χ2n) is 9.00. The Bertz CT molecular complexity index is 731. The van der Waals surface area contributed by atoms with Crippen molar-refractivity contribution in [2.75, 3.05) is 6.61 Å². The van der Waals surface area contributed by atoms with E-state index < -0.39 is 8.56 Å². The van der Waals surface area contributed by atoms with Crippen LogP contribution in [0.5, 0.6) is 11.5 Å². The first-order chi connectivity index (χ1) is 16.2. The largest absolute Gasteiger partial charge is 0.457 e. The van der Waals surface area contributed by atoms with Gasteiger partial charge >= 0.3 is 8.56 Å². The highest BCUT2D eigenvalue weighted by molar-refractivity contribution is 6.67. The number of para-hydroxylation sites is 1. The molecule has 0 unspecified atom stereocenters. The molecule has 0 aliphatic heterocycles. The van der Waals surface area contributed by atoms with Gasteiger partial charge < -0.3 is 13.6 Å². The van der Waals surface area contributed by atoms with Gasteiger partial charge in [0.15, 0.2) is 0 Å². The average molecular weight is 471 g/mol. The zero-order chi connectivity index (χ0) is 23.6. The fourth-order valence-corrected chi connectivity index (χ4v) is 6.43. The number of hydrogen-bond donors (Lipinski definition) is 0. The molecule has 0 fully saturated rings. The summed E-state index contributed by atoms with van der Waals surface area (Å²) < 4.78 is 18.9. The van der Waals surface area contributed by atoms with Crippen molar-refractivity contribution in [3.63, 3.8) is 0 Å². The first-order valence-corrected chi connectivity index (χ1v) is 15.5. The summed E-state index contributed by atoms with van der Waals surface area (Å²) in [7, 11) is -2.15. The lowest BCUT2D eigenvalue weighted by atomic mass is 10.1. The summed E-state index contributed by atoms with van der Waals surface area (Å²) in [4.78, 5) is 0. The van der Waals surface area contributed by atoms with E-state index in [9.17, 15) is 0 Å². The van der Waals surface area contributed by atoms with Crippen molar-refractivity contribution in [2.45, 2.75) is 104 Å². The van der Waals surface area contributed by atoms with Gasteiger partial charge in [0.25, 0.3) is 0 Å². The van der Waals surface area contributed by atoms with Gasteiger partial charge in [0.05, 0.1) is 6.61 Å². The highest BCUT2D eigenvalue weighted by Gasteiger charge is 2.33. The normalized spacial score (nSPS) is 11.6. The third-order valence-electron chi connectivity index (χ3n) is 6.32. The van der Waals surface area contributed by atoms with Gasteiger partial charge in [-0.25, -0.2) is 0 Å². The molecule has 0 bridgehead atoms. The summed E-state index contributed by atoms with van der Waals surface area (Å²) in [5.41, 5.74) is 1.13. The molecule has 184 valence electrons. The smallest absolute Gasteiger partial charge is 0.337 e. The van der Waals surface area contributed by atoms with Crippen LogP contribution in [0.15, 0.2) is 54.6 Å². The Kier molecular flexibility index (Phi) is 14.2. The molecule has 2 rings (SSSR count). The molecule has 0 amide bonds. The molecule has 0 aromatic heterocycles. The molecule has 0 radical (unpaired) electrons. The number of hydrogen-bond acceptors (Lipinski definition) is 3.